The van der Waals surface area contributed by atoms with Crippen LogP contribution >= 0.6 is 0 Å². The van der Waals surface area contributed by atoms with Crippen molar-refractivity contribution in [2.45, 2.75) is 32.2 Å². The summed E-state index contributed by atoms with van der Waals surface area (Å²) in [4.78, 5) is 11.4. The Bertz CT molecular complexity index is 418. The standard InChI is InChI=1S/C12H16N2O/c1-12(2,3)7-4-5-9-8(6-7)10(13)11(15)14-9/h4-6,10H,13H2,1-3H3,(H,14,15)/t10-/m1/s1. The Balaban J connectivity index is 2.49. The summed E-state index contributed by atoms with van der Waals surface area (Å²) in [6.07, 6.45) is 0. The van der Waals surface area contributed by atoms with Gasteiger partial charge in [-0.2, -0.15) is 0 Å². The fourth-order valence-corrected chi connectivity index (χ4v) is 1.75. The molecule has 1 aromatic carbocycles. The normalized spacial score (nSPS) is 20.0. The van der Waals surface area contributed by atoms with E-state index in [0.717, 1.165) is 11.3 Å². The first-order valence-corrected chi connectivity index (χ1v) is 5.10. The molecule has 0 saturated heterocycles. The first kappa shape index (κ1) is 10.2. The van der Waals surface area contributed by atoms with E-state index in [4.69, 9.17) is 5.73 Å². The van der Waals surface area contributed by atoms with Crippen LogP contribution in [0, 0.1) is 0 Å². The molecule has 0 aliphatic carbocycles. The van der Waals surface area contributed by atoms with Crippen molar-refractivity contribution in [1.29, 1.82) is 0 Å². The zero-order valence-corrected chi connectivity index (χ0v) is 9.29. The molecule has 3 heteroatoms. The summed E-state index contributed by atoms with van der Waals surface area (Å²) >= 11 is 0. The molecular formula is C12H16N2O. The third-order valence-electron chi connectivity index (χ3n) is 2.79. The highest BCUT2D eigenvalue weighted by molar-refractivity contribution is 6.02. The van der Waals surface area contributed by atoms with Crippen LogP contribution in [-0.4, -0.2) is 5.91 Å². The van der Waals surface area contributed by atoms with Crippen LogP contribution in [0.2, 0.25) is 0 Å². The van der Waals surface area contributed by atoms with E-state index in [1.807, 2.05) is 18.2 Å². The Morgan fingerprint density at radius 2 is 2.00 bits per heavy atom. The second kappa shape index (κ2) is 3.07. The van der Waals surface area contributed by atoms with Gasteiger partial charge in [-0.1, -0.05) is 32.9 Å². The van der Waals surface area contributed by atoms with Gasteiger partial charge in [0.15, 0.2) is 0 Å². The van der Waals surface area contributed by atoms with Gasteiger partial charge in [0.1, 0.15) is 6.04 Å². The minimum Gasteiger partial charge on any atom is -0.324 e. The van der Waals surface area contributed by atoms with E-state index in [2.05, 4.69) is 26.1 Å². The largest absolute Gasteiger partial charge is 0.324 e. The molecule has 0 saturated carbocycles. The molecule has 1 heterocycles. The van der Waals surface area contributed by atoms with Crippen LogP contribution in [0.3, 0.4) is 0 Å². The summed E-state index contributed by atoms with van der Waals surface area (Å²) < 4.78 is 0. The second-order valence-corrected chi connectivity index (χ2v) is 5.02. The van der Waals surface area contributed by atoms with E-state index < -0.39 is 6.04 Å². The molecule has 15 heavy (non-hydrogen) atoms. The molecule has 0 aromatic heterocycles. The predicted octanol–water partition coefficient (Wildman–Crippen LogP) is 1.94. The minimum atomic E-state index is -0.512. The molecule has 3 nitrogen and oxygen atoms in total. The molecule has 1 aliphatic rings. The van der Waals surface area contributed by atoms with Crippen LogP contribution in [0.1, 0.15) is 37.9 Å². The Hall–Kier alpha value is -1.35. The first-order chi connectivity index (χ1) is 6.89. The SMILES string of the molecule is CC(C)(C)c1ccc2c(c1)[C@@H](N)C(=O)N2. The van der Waals surface area contributed by atoms with Gasteiger partial charge in [-0.25, -0.2) is 0 Å². The number of rotatable bonds is 0. The Morgan fingerprint density at radius 3 is 2.60 bits per heavy atom. The highest BCUT2D eigenvalue weighted by atomic mass is 16.2. The summed E-state index contributed by atoms with van der Waals surface area (Å²) in [5.74, 6) is -0.115. The average Bonchev–Trinajstić information content (AvgIpc) is 2.41. The fraction of sp³-hybridized carbons (Fsp3) is 0.417. The lowest BCUT2D eigenvalue weighted by molar-refractivity contribution is -0.116. The van der Waals surface area contributed by atoms with Crippen LogP contribution in [0.15, 0.2) is 18.2 Å². The monoisotopic (exact) mass is 204 g/mol. The van der Waals surface area contributed by atoms with Gasteiger partial charge in [0.2, 0.25) is 5.91 Å². The van der Waals surface area contributed by atoms with Gasteiger partial charge in [0.25, 0.3) is 0 Å². The van der Waals surface area contributed by atoms with Crippen molar-refractivity contribution >= 4 is 11.6 Å². The van der Waals surface area contributed by atoms with Crippen LogP contribution in [0.25, 0.3) is 0 Å². The predicted molar refractivity (Wildman–Crippen MR) is 60.7 cm³/mol. The number of nitrogens with one attached hydrogen (secondary N) is 1. The quantitative estimate of drug-likeness (QED) is 0.678. The van der Waals surface area contributed by atoms with Gasteiger partial charge < -0.3 is 11.1 Å². The lowest BCUT2D eigenvalue weighted by atomic mass is 9.85. The van der Waals surface area contributed by atoms with E-state index in [1.165, 1.54) is 5.56 Å². The molecule has 1 amide bonds. The van der Waals surface area contributed by atoms with Gasteiger partial charge in [0.05, 0.1) is 0 Å². The van der Waals surface area contributed by atoms with Crippen molar-refractivity contribution in [1.82, 2.24) is 0 Å². The molecule has 0 fully saturated rings. The number of anilines is 1. The van der Waals surface area contributed by atoms with Crippen LogP contribution < -0.4 is 11.1 Å². The first-order valence-electron chi connectivity index (χ1n) is 5.10. The number of amides is 1. The number of carbonyl (C=O) groups is 1. The van der Waals surface area contributed by atoms with Crippen LogP contribution in [0.4, 0.5) is 5.69 Å². The zero-order valence-electron chi connectivity index (χ0n) is 9.29. The molecule has 80 valence electrons. The van der Waals surface area contributed by atoms with Crippen LogP contribution in [0.5, 0.6) is 0 Å². The Labute approximate surface area is 89.7 Å². The maximum atomic E-state index is 11.4. The molecule has 1 atom stereocenters. The minimum absolute atomic E-state index is 0.0837. The number of nitrogens with two attached hydrogens (primary N) is 1. The number of hydrogen-bond donors (Lipinski definition) is 2. The van der Waals surface area contributed by atoms with Gasteiger partial charge in [-0.3, -0.25) is 4.79 Å². The molecule has 0 unspecified atom stereocenters. The van der Waals surface area contributed by atoms with Gasteiger partial charge in [-0.05, 0) is 17.0 Å². The smallest absolute Gasteiger partial charge is 0.245 e. The van der Waals surface area contributed by atoms with E-state index in [1.54, 1.807) is 0 Å². The maximum Gasteiger partial charge on any atom is 0.245 e. The highest BCUT2D eigenvalue weighted by Crippen LogP contribution is 2.33. The van der Waals surface area contributed by atoms with E-state index in [9.17, 15) is 4.79 Å². The zero-order chi connectivity index (χ0) is 11.2. The second-order valence-electron chi connectivity index (χ2n) is 5.02. The molecule has 0 radical (unpaired) electrons. The van der Waals surface area contributed by atoms with Crippen molar-refractivity contribution in [3.8, 4) is 0 Å². The maximum absolute atomic E-state index is 11.4. The summed E-state index contributed by atoms with van der Waals surface area (Å²) in [5, 5.41) is 2.76. The molecule has 1 aliphatic heterocycles. The fourth-order valence-electron chi connectivity index (χ4n) is 1.75. The van der Waals surface area contributed by atoms with Crippen molar-refractivity contribution in [3.63, 3.8) is 0 Å². The summed E-state index contributed by atoms with van der Waals surface area (Å²) in [5.41, 5.74) is 8.83. The Kier molecular flexibility index (Phi) is 2.08. The van der Waals surface area contributed by atoms with Gasteiger partial charge in [-0.15, -0.1) is 0 Å². The van der Waals surface area contributed by atoms with Crippen molar-refractivity contribution in [2.75, 3.05) is 5.32 Å². The number of carbonyl (C=O) groups excluding carboxylic acids is 1. The molecular weight excluding hydrogens is 188 g/mol. The lowest BCUT2D eigenvalue weighted by Gasteiger charge is -2.20. The molecule has 1 aromatic rings. The van der Waals surface area contributed by atoms with E-state index >= 15 is 0 Å². The Morgan fingerprint density at radius 1 is 1.33 bits per heavy atom. The highest BCUT2D eigenvalue weighted by Gasteiger charge is 2.28. The van der Waals surface area contributed by atoms with E-state index in [-0.39, 0.29) is 11.3 Å². The van der Waals surface area contributed by atoms with Gasteiger partial charge in [0, 0.05) is 11.3 Å². The van der Waals surface area contributed by atoms with Crippen molar-refractivity contribution in [2.24, 2.45) is 5.73 Å². The third kappa shape index (κ3) is 1.63. The summed E-state index contributed by atoms with van der Waals surface area (Å²) in [7, 11) is 0. The molecule has 3 N–H and O–H groups in total. The summed E-state index contributed by atoms with van der Waals surface area (Å²) in [6, 6.07) is 5.48. The lowest BCUT2D eigenvalue weighted by Crippen LogP contribution is -2.20. The number of hydrogen-bond acceptors (Lipinski definition) is 2. The van der Waals surface area contributed by atoms with Crippen LogP contribution in [-0.2, 0) is 10.2 Å². The molecule has 0 spiro atoms. The van der Waals surface area contributed by atoms with Gasteiger partial charge >= 0.3 is 0 Å². The number of benzene rings is 1. The number of fused-ring (bicyclic) bond motifs is 1. The topological polar surface area (TPSA) is 55.1 Å². The third-order valence-corrected chi connectivity index (χ3v) is 2.79. The van der Waals surface area contributed by atoms with E-state index in [0.29, 0.717) is 0 Å². The average molecular weight is 204 g/mol. The molecule has 0 bridgehead atoms. The van der Waals surface area contributed by atoms with Crippen molar-refractivity contribution in [3.05, 3.63) is 29.3 Å². The summed E-state index contributed by atoms with van der Waals surface area (Å²) in [6.45, 7) is 6.43. The molecule has 2 rings (SSSR count). The van der Waals surface area contributed by atoms with Crippen molar-refractivity contribution < 1.29 is 4.79 Å².